The molecule has 0 aliphatic carbocycles. The maximum atomic E-state index is 12.1. The van der Waals surface area contributed by atoms with E-state index in [0.29, 0.717) is 12.3 Å². The van der Waals surface area contributed by atoms with Crippen molar-refractivity contribution in [1.29, 1.82) is 0 Å². The lowest BCUT2D eigenvalue weighted by Gasteiger charge is -2.19. The molecule has 0 bridgehead atoms. The van der Waals surface area contributed by atoms with Crippen molar-refractivity contribution in [2.45, 2.75) is 26.8 Å². The molecule has 1 amide bonds. The number of carbonyl (C=O) groups excluding carboxylic acids is 2. The molecule has 0 aliphatic heterocycles. The summed E-state index contributed by atoms with van der Waals surface area (Å²) in [6.07, 6.45) is 3.34. The van der Waals surface area contributed by atoms with Gasteiger partial charge in [-0.1, -0.05) is 0 Å². The lowest BCUT2D eigenvalue weighted by molar-refractivity contribution is -0.148. The van der Waals surface area contributed by atoms with Crippen LogP contribution in [-0.2, 0) is 9.53 Å². The Hall–Kier alpha value is -2.44. The first-order valence-electron chi connectivity index (χ1n) is 6.80. The van der Waals surface area contributed by atoms with Gasteiger partial charge in [-0.3, -0.25) is 9.59 Å². The number of esters is 1. The lowest BCUT2D eigenvalue weighted by atomic mass is 10.0. The van der Waals surface area contributed by atoms with E-state index >= 15 is 0 Å². The van der Waals surface area contributed by atoms with Crippen molar-refractivity contribution < 1.29 is 14.3 Å². The molecule has 0 aliphatic rings. The second kappa shape index (κ2) is 6.34. The van der Waals surface area contributed by atoms with Gasteiger partial charge >= 0.3 is 5.97 Å². The van der Waals surface area contributed by atoms with E-state index in [1.807, 2.05) is 0 Å². The van der Waals surface area contributed by atoms with Gasteiger partial charge < -0.3 is 10.1 Å². The quantitative estimate of drug-likeness (QED) is 0.832. The SMILES string of the molecule is CCOC(=O)[C@@H](C)[C@H](C)NC(=O)c1cc2ncccn2n1. The van der Waals surface area contributed by atoms with Crippen LogP contribution in [0.4, 0.5) is 0 Å². The van der Waals surface area contributed by atoms with Gasteiger partial charge in [0.25, 0.3) is 5.91 Å². The molecule has 21 heavy (non-hydrogen) atoms. The normalized spacial score (nSPS) is 13.7. The first-order chi connectivity index (χ1) is 10.0. The maximum Gasteiger partial charge on any atom is 0.310 e. The molecule has 2 aromatic heterocycles. The zero-order valence-electron chi connectivity index (χ0n) is 12.2. The van der Waals surface area contributed by atoms with Gasteiger partial charge in [0.2, 0.25) is 0 Å². The van der Waals surface area contributed by atoms with Crippen LogP contribution in [0.15, 0.2) is 24.5 Å². The Bertz CT molecular complexity index is 619. The highest BCUT2D eigenvalue weighted by Gasteiger charge is 2.24. The fourth-order valence-corrected chi connectivity index (χ4v) is 1.82. The highest BCUT2D eigenvalue weighted by atomic mass is 16.5. The van der Waals surface area contributed by atoms with Crippen molar-refractivity contribution in [1.82, 2.24) is 19.9 Å². The standard InChI is InChI=1S/C14H18N4O3/c1-4-21-14(20)9(2)10(3)16-13(19)11-8-12-15-6-5-7-18(12)17-11/h5-10H,4H2,1-3H3,(H,16,19)/t9-,10-/m0/s1. The summed E-state index contributed by atoms with van der Waals surface area (Å²) < 4.78 is 6.46. The molecule has 0 unspecified atom stereocenters. The van der Waals surface area contributed by atoms with Crippen LogP contribution in [0.5, 0.6) is 0 Å². The van der Waals surface area contributed by atoms with Crippen LogP contribution < -0.4 is 5.32 Å². The topological polar surface area (TPSA) is 85.6 Å². The summed E-state index contributed by atoms with van der Waals surface area (Å²) in [5.74, 6) is -1.10. The van der Waals surface area contributed by atoms with Gasteiger partial charge in [-0.05, 0) is 26.8 Å². The predicted octanol–water partition coefficient (Wildman–Crippen LogP) is 1.05. The molecule has 112 valence electrons. The number of carbonyl (C=O) groups is 2. The highest BCUT2D eigenvalue weighted by Crippen LogP contribution is 2.08. The van der Waals surface area contributed by atoms with Gasteiger partial charge in [0.05, 0.1) is 12.5 Å². The molecule has 0 spiro atoms. The Labute approximate surface area is 122 Å². The Kier molecular flexibility index (Phi) is 4.52. The monoisotopic (exact) mass is 290 g/mol. The molecule has 2 heterocycles. The first-order valence-corrected chi connectivity index (χ1v) is 6.80. The Morgan fingerprint density at radius 3 is 2.86 bits per heavy atom. The van der Waals surface area contributed by atoms with E-state index in [1.54, 1.807) is 45.3 Å². The van der Waals surface area contributed by atoms with Gasteiger partial charge in [0.15, 0.2) is 11.3 Å². The highest BCUT2D eigenvalue weighted by molar-refractivity contribution is 5.93. The van der Waals surface area contributed by atoms with E-state index in [2.05, 4.69) is 15.4 Å². The summed E-state index contributed by atoms with van der Waals surface area (Å²) in [5.41, 5.74) is 0.852. The second-order valence-electron chi connectivity index (χ2n) is 4.75. The van der Waals surface area contributed by atoms with Crippen LogP contribution in [-0.4, -0.2) is 39.1 Å². The van der Waals surface area contributed by atoms with Crippen molar-refractivity contribution in [3.63, 3.8) is 0 Å². The van der Waals surface area contributed by atoms with Crippen LogP contribution in [0.3, 0.4) is 0 Å². The summed E-state index contributed by atoms with van der Waals surface area (Å²) in [4.78, 5) is 27.9. The molecule has 2 aromatic rings. The van der Waals surface area contributed by atoms with E-state index in [9.17, 15) is 9.59 Å². The number of nitrogens with one attached hydrogen (secondary N) is 1. The number of aromatic nitrogens is 3. The molecule has 0 aromatic carbocycles. The molecule has 0 radical (unpaired) electrons. The molecule has 2 rings (SSSR count). The predicted molar refractivity (Wildman–Crippen MR) is 75.7 cm³/mol. The molecule has 0 saturated heterocycles. The van der Waals surface area contributed by atoms with Crippen LogP contribution >= 0.6 is 0 Å². The van der Waals surface area contributed by atoms with Gasteiger partial charge in [0.1, 0.15) is 0 Å². The minimum atomic E-state index is -0.427. The van der Waals surface area contributed by atoms with Gasteiger partial charge in [-0.15, -0.1) is 0 Å². The summed E-state index contributed by atoms with van der Waals surface area (Å²) >= 11 is 0. The van der Waals surface area contributed by atoms with Crippen LogP contribution in [0.1, 0.15) is 31.3 Å². The number of hydrogen-bond donors (Lipinski definition) is 1. The average molecular weight is 290 g/mol. The van der Waals surface area contributed by atoms with E-state index in [1.165, 1.54) is 4.52 Å². The van der Waals surface area contributed by atoms with Crippen molar-refractivity contribution in [2.24, 2.45) is 5.92 Å². The molecule has 2 atom stereocenters. The van der Waals surface area contributed by atoms with E-state index in [4.69, 9.17) is 4.74 Å². The van der Waals surface area contributed by atoms with Crippen LogP contribution in [0.2, 0.25) is 0 Å². The molecule has 7 nitrogen and oxygen atoms in total. The summed E-state index contributed by atoms with van der Waals surface area (Å²) in [5, 5.41) is 6.89. The van der Waals surface area contributed by atoms with Crippen molar-refractivity contribution in [3.05, 3.63) is 30.2 Å². The molecule has 7 heteroatoms. The number of ether oxygens (including phenoxy) is 1. The maximum absolute atomic E-state index is 12.1. The van der Waals surface area contributed by atoms with Crippen molar-refractivity contribution in [2.75, 3.05) is 6.61 Å². The molecular formula is C14H18N4O3. The smallest absolute Gasteiger partial charge is 0.310 e. The average Bonchev–Trinajstić information content (AvgIpc) is 2.90. The third-order valence-electron chi connectivity index (χ3n) is 3.24. The minimum absolute atomic E-state index is 0.261. The fraction of sp³-hybridized carbons (Fsp3) is 0.429. The zero-order chi connectivity index (χ0) is 15.4. The minimum Gasteiger partial charge on any atom is -0.466 e. The molecular weight excluding hydrogens is 272 g/mol. The van der Waals surface area contributed by atoms with Gasteiger partial charge in [-0.2, -0.15) is 5.10 Å². The first kappa shape index (κ1) is 15.0. The summed E-state index contributed by atoms with van der Waals surface area (Å²) in [7, 11) is 0. The van der Waals surface area contributed by atoms with Crippen molar-refractivity contribution in [3.8, 4) is 0 Å². The molecule has 0 fully saturated rings. The third-order valence-corrected chi connectivity index (χ3v) is 3.24. The fourth-order valence-electron chi connectivity index (χ4n) is 1.82. The molecule has 0 saturated carbocycles. The number of hydrogen-bond acceptors (Lipinski definition) is 5. The van der Waals surface area contributed by atoms with E-state index in [0.717, 1.165) is 0 Å². The van der Waals surface area contributed by atoms with Crippen LogP contribution in [0, 0.1) is 5.92 Å². The molecule has 1 N–H and O–H groups in total. The van der Waals surface area contributed by atoms with Gasteiger partial charge in [0, 0.05) is 24.5 Å². The lowest BCUT2D eigenvalue weighted by Crippen LogP contribution is -2.40. The van der Waals surface area contributed by atoms with Crippen LogP contribution in [0.25, 0.3) is 5.65 Å². The van der Waals surface area contributed by atoms with E-state index in [-0.39, 0.29) is 23.6 Å². The number of fused-ring (bicyclic) bond motifs is 1. The third kappa shape index (κ3) is 3.36. The Morgan fingerprint density at radius 1 is 1.43 bits per heavy atom. The van der Waals surface area contributed by atoms with Gasteiger partial charge in [-0.25, -0.2) is 9.50 Å². The second-order valence-corrected chi connectivity index (χ2v) is 4.75. The van der Waals surface area contributed by atoms with E-state index < -0.39 is 5.92 Å². The summed E-state index contributed by atoms with van der Waals surface area (Å²) in [6.45, 7) is 5.54. The number of nitrogens with zero attached hydrogens (tertiary/aromatic N) is 3. The number of amides is 1. The Balaban J connectivity index is 2.05. The largest absolute Gasteiger partial charge is 0.466 e. The number of rotatable bonds is 5. The summed E-state index contributed by atoms with van der Waals surface area (Å²) in [6, 6.07) is 2.97. The zero-order valence-corrected chi connectivity index (χ0v) is 12.2. The van der Waals surface area contributed by atoms with Crippen molar-refractivity contribution >= 4 is 17.5 Å². The Morgan fingerprint density at radius 2 is 2.19 bits per heavy atom.